The highest BCUT2D eigenvalue weighted by atomic mass is 16.3. The minimum Gasteiger partial charge on any atom is -0.456 e. The highest BCUT2D eigenvalue weighted by Crippen LogP contribution is 2.43. The minimum absolute atomic E-state index is 0.885. The van der Waals surface area contributed by atoms with Crippen molar-refractivity contribution < 1.29 is 4.42 Å². The van der Waals surface area contributed by atoms with Crippen LogP contribution < -0.4 is 4.90 Å². The van der Waals surface area contributed by atoms with Crippen LogP contribution in [-0.4, -0.2) is 4.57 Å². The van der Waals surface area contributed by atoms with Gasteiger partial charge < -0.3 is 13.9 Å². The fourth-order valence-corrected chi connectivity index (χ4v) is 9.41. The van der Waals surface area contributed by atoms with Crippen molar-refractivity contribution in [1.29, 1.82) is 0 Å². The van der Waals surface area contributed by atoms with Gasteiger partial charge in [0.25, 0.3) is 0 Å². The number of hydrogen-bond acceptors (Lipinski definition) is 2. The summed E-state index contributed by atoms with van der Waals surface area (Å²) in [4.78, 5) is 2.36. The number of rotatable bonds is 8. The van der Waals surface area contributed by atoms with Gasteiger partial charge in [0.05, 0.1) is 11.0 Å². The molecule has 3 nitrogen and oxygen atoms in total. The second-order valence-corrected chi connectivity index (χ2v) is 16.1. The minimum atomic E-state index is 0.885. The molecular formula is C60H40N2O. The van der Waals surface area contributed by atoms with E-state index in [-0.39, 0.29) is 0 Å². The third-order valence-corrected chi connectivity index (χ3v) is 12.4. The molecule has 0 radical (unpaired) electrons. The highest BCUT2D eigenvalue weighted by Gasteiger charge is 2.19. The van der Waals surface area contributed by atoms with Crippen molar-refractivity contribution in [1.82, 2.24) is 4.57 Å². The molecule has 12 aromatic rings. The average molecular weight is 805 g/mol. The fourth-order valence-electron chi connectivity index (χ4n) is 9.41. The first-order valence-corrected chi connectivity index (χ1v) is 21.5. The number of nitrogens with zero attached hydrogens (tertiary/aromatic N) is 2. The SMILES string of the molecule is c1ccc(-c2cccc(N(c3ccccc3)c3cccc(-c4ccc(-c5ccc6c(c5)c5ccccc5n6-c5ccccc5)cc4-c4ccc5oc6ccccc6c5c4)c3)c2)cc1. The van der Waals surface area contributed by atoms with Crippen LogP contribution in [0.5, 0.6) is 0 Å². The Labute approximate surface area is 366 Å². The van der Waals surface area contributed by atoms with Crippen LogP contribution in [0, 0.1) is 0 Å². The van der Waals surface area contributed by atoms with E-state index in [1.165, 1.54) is 38.5 Å². The number of hydrogen-bond donors (Lipinski definition) is 0. The third kappa shape index (κ3) is 6.46. The van der Waals surface area contributed by atoms with Gasteiger partial charge >= 0.3 is 0 Å². The summed E-state index contributed by atoms with van der Waals surface area (Å²) >= 11 is 0. The van der Waals surface area contributed by atoms with E-state index < -0.39 is 0 Å². The quantitative estimate of drug-likeness (QED) is 0.153. The van der Waals surface area contributed by atoms with E-state index in [1.807, 2.05) is 12.1 Å². The van der Waals surface area contributed by atoms with Crippen LogP contribution in [0.25, 0.3) is 93.9 Å². The Morgan fingerprint density at radius 2 is 0.810 bits per heavy atom. The van der Waals surface area contributed by atoms with Gasteiger partial charge in [-0.05, 0) is 136 Å². The van der Waals surface area contributed by atoms with Crippen LogP contribution in [-0.2, 0) is 0 Å². The van der Waals surface area contributed by atoms with Crippen molar-refractivity contribution in [3.8, 4) is 50.2 Å². The topological polar surface area (TPSA) is 21.3 Å². The van der Waals surface area contributed by atoms with Crippen molar-refractivity contribution in [2.45, 2.75) is 0 Å². The van der Waals surface area contributed by atoms with Gasteiger partial charge in [0.2, 0.25) is 0 Å². The molecule has 0 N–H and O–H groups in total. The Morgan fingerprint density at radius 3 is 1.62 bits per heavy atom. The zero-order valence-corrected chi connectivity index (χ0v) is 34.4. The van der Waals surface area contributed by atoms with Crippen LogP contribution in [0.4, 0.5) is 17.1 Å². The number of fused-ring (bicyclic) bond motifs is 6. The Bertz CT molecular complexity index is 3620. The molecule has 0 unspecified atom stereocenters. The average Bonchev–Trinajstić information content (AvgIpc) is 3.90. The maximum atomic E-state index is 6.32. The summed E-state index contributed by atoms with van der Waals surface area (Å²) in [5, 5.41) is 4.69. The molecule has 0 spiro atoms. The molecule has 0 aliphatic rings. The van der Waals surface area contributed by atoms with Gasteiger partial charge in [0, 0.05) is 44.3 Å². The van der Waals surface area contributed by atoms with Gasteiger partial charge in [0.1, 0.15) is 11.2 Å². The lowest BCUT2D eigenvalue weighted by atomic mass is 9.90. The van der Waals surface area contributed by atoms with Gasteiger partial charge in [-0.15, -0.1) is 0 Å². The standard InChI is InChI=1S/C60H40N2O/c1-4-16-41(17-5-1)42-18-14-24-49(36-42)61(47-20-6-2-7-21-47)50-25-15-19-45(37-50)51-33-30-43(38-54(51)46-32-35-60-56(40-46)53-27-11-13-29-59(53)63-60)44-31-34-58-55(39-44)52-26-10-12-28-57(52)62(58)48-22-8-3-9-23-48/h1-40H. The summed E-state index contributed by atoms with van der Waals surface area (Å²) in [5.74, 6) is 0. The first kappa shape index (κ1) is 36.5. The third-order valence-electron chi connectivity index (χ3n) is 12.4. The molecule has 0 saturated heterocycles. The van der Waals surface area contributed by atoms with Crippen LogP contribution >= 0.6 is 0 Å². The van der Waals surface area contributed by atoms with E-state index in [1.54, 1.807) is 0 Å². The zero-order chi connectivity index (χ0) is 41.7. The van der Waals surface area contributed by atoms with Crippen molar-refractivity contribution in [2.24, 2.45) is 0 Å². The molecule has 0 amide bonds. The summed E-state index contributed by atoms with van der Waals surface area (Å²) in [7, 11) is 0. The van der Waals surface area contributed by atoms with Gasteiger partial charge in [-0.3, -0.25) is 0 Å². The van der Waals surface area contributed by atoms with Crippen LogP contribution in [0.2, 0.25) is 0 Å². The van der Waals surface area contributed by atoms with E-state index in [4.69, 9.17) is 4.42 Å². The van der Waals surface area contributed by atoms with Crippen molar-refractivity contribution >= 4 is 60.8 Å². The Hall–Kier alpha value is -8.40. The van der Waals surface area contributed by atoms with E-state index in [0.29, 0.717) is 0 Å². The molecule has 2 aromatic heterocycles. The predicted octanol–water partition coefficient (Wildman–Crippen LogP) is 16.8. The van der Waals surface area contributed by atoms with Crippen molar-refractivity contribution in [3.63, 3.8) is 0 Å². The number of aromatic nitrogens is 1. The van der Waals surface area contributed by atoms with Gasteiger partial charge in [0.15, 0.2) is 0 Å². The lowest BCUT2D eigenvalue weighted by molar-refractivity contribution is 0.669. The number of anilines is 3. The van der Waals surface area contributed by atoms with E-state index >= 15 is 0 Å². The Morgan fingerprint density at radius 1 is 0.286 bits per heavy atom. The lowest BCUT2D eigenvalue weighted by Crippen LogP contribution is -2.10. The maximum absolute atomic E-state index is 6.32. The van der Waals surface area contributed by atoms with Crippen molar-refractivity contribution in [2.75, 3.05) is 4.90 Å². The monoisotopic (exact) mass is 804 g/mol. The summed E-state index contributed by atoms with van der Waals surface area (Å²) in [5.41, 5.74) is 17.9. The predicted molar refractivity (Wildman–Crippen MR) is 264 cm³/mol. The molecule has 296 valence electrons. The fraction of sp³-hybridized carbons (Fsp3) is 0. The van der Waals surface area contributed by atoms with Crippen LogP contribution in [0.1, 0.15) is 0 Å². The molecule has 10 aromatic carbocycles. The smallest absolute Gasteiger partial charge is 0.135 e. The molecule has 0 atom stereocenters. The first-order valence-electron chi connectivity index (χ1n) is 21.5. The molecule has 0 aliphatic heterocycles. The summed E-state index contributed by atoms with van der Waals surface area (Å²) < 4.78 is 8.69. The lowest BCUT2D eigenvalue weighted by Gasteiger charge is -2.26. The number of furan rings is 1. The van der Waals surface area contributed by atoms with Crippen LogP contribution in [0.15, 0.2) is 247 Å². The highest BCUT2D eigenvalue weighted by molar-refractivity contribution is 6.11. The molecule has 2 heterocycles. The molecule has 0 aliphatic carbocycles. The molecule has 3 heteroatoms. The molecule has 12 rings (SSSR count). The van der Waals surface area contributed by atoms with Crippen molar-refractivity contribution in [3.05, 3.63) is 243 Å². The van der Waals surface area contributed by atoms with Gasteiger partial charge in [-0.2, -0.15) is 0 Å². The summed E-state index contributed by atoms with van der Waals surface area (Å²) in [6, 6.07) is 87.2. The summed E-state index contributed by atoms with van der Waals surface area (Å²) in [6.07, 6.45) is 0. The Balaban J connectivity index is 1.03. The second kappa shape index (κ2) is 15.3. The molecule has 0 bridgehead atoms. The normalized spacial score (nSPS) is 11.5. The Kier molecular flexibility index (Phi) is 8.83. The van der Waals surface area contributed by atoms with Gasteiger partial charge in [-0.25, -0.2) is 0 Å². The van der Waals surface area contributed by atoms with E-state index in [9.17, 15) is 0 Å². The molecular weight excluding hydrogens is 765 g/mol. The molecule has 0 fully saturated rings. The largest absolute Gasteiger partial charge is 0.456 e. The van der Waals surface area contributed by atoms with E-state index in [0.717, 1.165) is 72.5 Å². The first-order chi connectivity index (χ1) is 31.2. The second-order valence-electron chi connectivity index (χ2n) is 16.1. The van der Waals surface area contributed by atoms with Gasteiger partial charge in [-0.1, -0.05) is 152 Å². The zero-order valence-electron chi connectivity index (χ0n) is 34.4. The molecule has 0 saturated carbocycles. The number of para-hydroxylation sites is 4. The summed E-state index contributed by atoms with van der Waals surface area (Å²) in [6.45, 7) is 0. The van der Waals surface area contributed by atoms with Crippen LogP contribution in [0.3, 0.4) is 0 Å². The number of benzene rings is 10. The molecule has 63 heavy (non-hydrogen) atoms. The maximum Gasteiger partial charge on any atom is 0.135 e. The van der Waals surface area contributed by atoms with E-state index in [2.05, 4.69) is 240 Å².